The van der Waals surface area contributed by atoms with Gasteiger partial charge in [0.25, 0.3) is 5.91 Å². The number of nitrogens with one attached hydrogen (secondary N) is 2. The zero-order valence-corrected chi connectivity index (χ0v) is 6.14. The van der Waals surface area contributed by atoms with Gasteiger partial charge in [-0.15, -0.1) is 0 Å². The fourth-order valence-corrected chi connectivity index (χ4v) is 1.35. The van der Waals surface area contributed by atoms with Crippen LogP contribution in [0.4, 0.5) is 0 Å². The molecular weight excluding hydrogens is 130 g/mol. The third kappa shape index (κ3) is 0.660. The molecule has 0 aliphatic carbocycles. The minimum atomic E-state index is -0.0570. The van der Waals surface area contributed by atoms with Crippen molar-refractivity contribution in [1.29, 1.82) is 0 Å². The maximum atomic E-state index is 10.9. The zero-order valence-electron chi connectivity index (χ0n) is 6.14. The van der Waals surface area contributed by atoms with Crippen molar-refractivity contribution in [2.24, 2.45) is 0 Å². The first kappa shape index (κ1) is 6.12. The summed E-state index contributed by atoms with van der Waals surface area (Å²) in [6.45, 7) is 4.99. The third-order valence-electron chi connectivity index (χ3n) is 2.12. The van der Waals surface area contributed by atoms with Crippen molar-refractivity contribution in [2.45, 2.75) is 25.6 Å². The number of fused-ring (bicyclic) bond motifs is 1. The summed E-state index contributed by atoms with van der Waals surface area (Å²) in [5.74, 6) is 0.0966. The number of hydrogen-bond acceptors (Lipinski definition) is 3. The maximum absolute atomic E-state index is 10.9. The smallest absolute Gasteiger partial charge is 0.252 e. The molecule has 4 heteroatoms. The molecule has 2 atom stereocenters. The van der Waals surface area contributed by atoms with Crippen LogP contribution in [0.2, 0.25) is 0 Å². The number of rotatable bonds is 0. The van der Waals surface area contributed by atoms with Gasteiger partial charge in [0.15, 0.2) is 0 Å². The van der Waals surface area contributed by atoms with Crippen LogP contribution in [0.5, 0.6) is 0 Å². The first-order valence-corrected chi connectivity index (χ1v) is 3.45. The lowest BCUT2D eigenvalue weighted by molar-refractivity contribution is -0.126. The van der Waals surface area contributed by atoms with Gasteiger partial charge in [-0.3, -0.25) is 15.1 Å². The molecule has 2 aliphatic rings. The van der Waals surface area contributed by atoms with Crippen LogP contribution in [-0.4, -0.2) is 29.1 Å². The van der Waals surface area contributed by atoms with E-state index in [1.165, 1.54) is 0 Å². The highest BCUT2D eigenvalue weighted by Gasteiger charge is 2.52. The van der Waals surface area contributed by atoms with Gasteiger partial charge < -0.3 is 0 Å². The van der Waals surface area contributed by atoms with Crippen LogP contribution in [0.1, 0.15) is 13.8 Å². The number of nitrogens with zero attached hydrogens (tertiary/aromatic N) is 1. The van der Waals surface area contributed by atoms with Gasteiger partial charge in [0.1, 0.15) is 6.04 Å². The highest BCUT2D eigenvalue weighted by molar-refractivity contribution is 5.85. The molecule has 0 aromatic rings. The second-order valence-corrected chi connectivity index (χ2v) is 3.34. The van der Waals surface area contributed by atoms with Gasteiger partial charge in [-0.2, -0.15) is 0 Å². The van der Waals surface area contributed by atoms with E-state index in [0.29, 0.717) is 0 Å². The average molecular weight is 141 g/mol. The number of carbonyl (C=O) groups is 1. The molecule has 2 aliphatic heterocycles. The van der Waals surface area contributed by atoms with Crippen LogP contribution in [0.3, 0.4) is 0 Å². The molecule has 0 aromatic heterocycles. The van der Waals surface area contributed by atoms with E-state index in [1.54, 1.807) is 0 Å². The molecule has 1 amide bonds. The summed E-state index contributed by atoms with van der Waals surface area (Å²) in [5, 5.41) is 0. The van der Waals surface area contributed by atoms with Crippen LogP contribution in [0.15, 0.2) is 0 Å². The summed E-state index contributed by atoms with van der Waals surface area (Å²) in [7, 11) is 0. The third-order valence-corrected chi connectivity index (χ3v) is 2.12. The van der Waals surface area contributed by atoms with E-state index in [1.807, 2.05) is 13.8 Å². The summed E-state index contributed by atoms with van der Waals surface area (Å²) < 4.78 is 0. The Morgan fingerprint density at radius 2 is 2.40 bits per heavy atom. The van der Waals surface area contributed by atoms with Crippen LogP contribution in [-0.2, 0) is 4.79 Å². The number of hydrazine groups is 1. The van der Waals surface area contributed by atoms with Crippen molar-refractivity contribution in [3.8, 4) is 0 Å². The molecule has 0 aromatic carbocycles. The maximum Gasteiger partial charge on any atom is 0.252 e. The summed E-state index contributed by atoms with van der Waals surface area (Å²) in [5.41, 5.74) is 5.50. The summed E-state index contributed by atoms with van der Waals surface area (Å²) in [6.07, 6.45) is 0. The van der Waals surface area contributed by atoms with Crippen LogP contribution in [0, 0.1) is 0 Å². The molecule has 2 heterocycles. The first-order chi connectivity index (χ1) is 4.61. The first-order valence-electron chi connectivity index (χ1n) is 3.45. The van der Waals surface area contributed by atoms with Gasteiger partial charge >= 0.3 is 0 Å². The summed E-state index contributed by atoms with van der Waals surface area (Å²) in [4.78, 5) is 13.0. The SMILES string of the molecule is CC1(C)NNC(=O)C2CN21. The topological polar surface area (TPSA) is 44.1 Å². The van der Waals surface area contributed by atoms with Crippen molar-refractivity contribution in [1.82, 2.24) is 15.8 Å². The Hall–Kier alpha value is -0.610. The van der Waals surface area contributed by atoms with E-state index in [9.17, 15) is 4.79 Å². The molecule has 56 valence electrons. The fraction of sp³-hybridized carbons (Fsp3) is 0.833. The molecule has 0 bridgehead atoms. The fourth-order valence-electron chi connectivity index (χ4n) is 1.35. The minimum Gasteiger partial charge on any atom is -0.288 e. The van der Waals surface area contributed by atoms with E-state index in [4.69, 9.17) is 0 Å². The van der Waals surface area contributed by atoms with Crippen molar-refractivity contribution in [2.75, 3.05) is 6.54 Å². The second kappa shape index (κ2) is 1.52. The predicted octanol–water partition coefficient (Wildman–Crippen LogP) is -0.959. The largest absolute Gasteiger partial charge is 0.288 e. The zero-order chi connectivity index (χ0) is 7.35. The van der Waals surface area contributed by atoms with Crippen LogP contribution < -0.4 is 10.9 Å². The molecule has 2 saturated heterocycles. The number of carbonyl (C=O) groups excluding carboxylic acids is 1. The Morgan fingerprint density at radius 1 is 1.70 bits per heavy atom. The lowest BCUT2D eigenvalue weighted by atomic mass is 10.2. The monoisotopic (exact) mass is 141 g/mol. The van der Waals surface area contributed by atoms with Gasteiger partial charge in [0.05, 0.1) is 5.66 Å². The molecule has 2 unspecified atom stereocenters. The van der Waals surface area contributed by atoms with Crippen molar-refractivity contribution in [3.05, 3.63) is 0 Å². The molecule has 0 spiro atoms. The van der Waals surface area contributed by atoms with E-state index in [2.05, 4.69) is 15.8 Å². The molecule has 2 fully saturated rings. The lowest BCUT2D eigenvalue weighted by Crippen LogP contribution is -2.61. The minimum absolute atomic E-state index is 0.0570. The van der Waals surface area contributed by atoms with Gasteiger partial charge in [-0.25, -0.2) is 5.43 Å². The summed E-state index contributed by atoms with van der Waals surface area (Å²) in [6, 6.07) is 0.135. The van der Waals surface area contributed by atoms with Crippen molar-refractivity contribution >= 4 is 5.91 Å². The van der Waals surface area contributed by atoms with Crippen LogP contribution >= 0.6 is 0 Å². The van der Waals surface area contributed by atoms with E-state index in [0.717, 1.165) is 6.54 Å². The number of hydrogen-bond donors (Lipinski definition) is 2. The van der Waals surface area contributed by atoms with Crippen molar-refractivity contribution < 1.29 is 4.79 Å². The molecular formula is C6H11N3O. The molecule has 0 saturated carbocycles. The van der Waals surface area contributed by atoms with Gasteiger partial charge in [0.2, 0.25) is 0 Å². The van der Waals surface area contributed by atoms with Gasteiger partial charge in [-0.05, 0) is 13.8 Å². The quantitative estimate of drug-likeness (QED) is 0.427. The molecule has 2 N–H and O–H groups in total. The van der Waals surface area contributed by atoms with Crippen LogP contribution in [0.25, 0.3) is 0 Å². The van der Waals surface area contributed by atoms with Gasteiger partial charge in [0, 0.05) is 6.54 Å². The second-order valence-electron chi connectivity index (χ2n) is 3.34. The predicted molar refractivity (Wildman–Crippen MR) is 35.9 cm³/mol. The standard InChI is InChI=1S/C6H11N3O/c1-6(2)8-7-5(10)4-3-9(4)6/h4,8H,3H2,1-2H3,(H,7,10). The Balaban J connectivity index is 2.16. The average Bonchev–Trinajstić information content (AvgIpc) is 2.58. The normalized spacial score (nSPS) is 42.0. The molecule has 0 radical (unpaired) electrons. The lowest BCUT2D eigenvalue weighted by Gasteiger charge is -2.32. The molecule has 4 nitrogen and oxygen atoms in total. The highest BCUT2D eigenvalue weighted by atomic mass is 16.2. The van der Waals surface area contributed by atoms with E-state index >= 15 is 0 Å². The van der Waals surface area contributed by atoms with E-state index in [-0.39, 0.29) is 17.6 Å². The highest BCUT2D eigenvalue weighted by Crippen LogP contribution is 2.29. The van der Waals surface area contributed by atoms with E-state index < -0.39 is 0 Å². The Kier molecular flexibility index (Phi) is 0.928. The van der Waals surface area contributed by atoms with Gasteiger partial charge in [-0.1, -0.05) is 0 Å². The summed E-state index contributed by atoms with van der Waals surface area (Å²) >= 11 is 0. The Morgan fingerprint density at radius 3 is 3.00 bits per heavy atom. The van der Waals surface area contributed by atoms with Crippen molar-refractivity contribution in [3.63, 3.8) is 0 Å². The Bertz CT molecular complexity index is 189. The Labute approximate surface area is 59.5 Å². The number of amides is 1. The molecule has 2 rings (SSSR count). The molecule has 10 heavy (non-hydrogen) atoms.